The highest BCUT2D eigenvalue weighted by Crippen LogP contribution is 2.27. The van der Waals surface area contributed by atoms with E-state index in [0.717, 1.165) is 12.1 Å². The van der Waals surface area contributed by atoms with Gasteiger partial charge < -0.3 is 11.1 Å². The van der Waals surface area contributed by atoms with Crippen LogP contribution in [-0.2, 0) is 20.2 Å². The molecule has 0 bridgehead atoms. The molecule has 0 unspecified atom stereocenters. The molecule has 0 saturated carbocycles. The van der Waals surface area contributed by atoms with Gasteiger partial charge in [0.25, 0.3) is 20.2 Å². The number of nitrogens with one attached hydrogen (secondary N) is 1. The second-order valence-corrected chi connectivity index (χ2v) is 7.17. The number of nitrogens with two attached hydrogens (primary N) is 1. The summed E-state index contributed by atoms with van der Waals surface area (Å²) in [5.74, 6) is 0. The van der Waals surface area contributed by atoms with Gasteiger partial charge in [-0.1, -0.05) is 6.07 Å². The van der Waals surface area contributed by atoms with Crippen molar-refractivity contribution in [3.8, 4) is 0 Å². The molecule has 0 aliphatic heterocycles. The van der Waals surface area contributed by atoms with E-state index in [0.29, 0.717) is 0 Å². The smallest absolute Gasteiger partial charge is 0.296 e. The first-order valence-corrected chi connectivity index (χ1v) is 8.67. The molecule has 0 aromatic heterocycles. The van der Waals surface area contributed by atoms with Crippen LogP contribution in [0.4, 0.5) is 17.1 Å². The molecule has 0 aliphatic rings. The van der Waals surface area contributed by atoms with Crippen molar-refractivity contribution in [1.29, 1.82) is 0 Å². The Hall–Kier alpha value is -2.14. The van der Waals surface area contributed by atoms with Crippen LogP contribution in [0.5, 0.6) is 0 Å². The highest BCUT2D eigenvalue weighted by atomic mass is 32.2. The quantitative estimate of drug-likeness (QED) is 0.482. The van der Waals surface area contributed by atoms with Crippen LogP contribution in [0, 0.1) is 0 Å². The molecule has 0 spiro atoms. The molecule has 0 atom stereocenters. The fourth-order valence-electron chi connectivity index (χ4n) is 1.75. The molecule has 118 valence electrons. The molecule has 2 rings (SSSR count). The summed E-state index contributed by atoms with van der Waals surface area (Å²) < 4.78 is 63.0. The third kappa shape index (κ3) is 3.74. The van der Waals surface area contributed by atoms with Gasteiger partial charge in [0.2, 0.25) is 0 Å². The van der Waals surface area contributed by atoms with E-state index in [1.807, 2.05) is 0 Å². The molecule has 0 amide bonds. The van der Waals surface area contributed by atoms with Gasteiger partial charge in [0.15, 0.2) is 0 Å². The first kappa shape index (κ1) is 16.2. The van der Waals surface area contributed by atoms with Crippen LogP contribution in [0.1, 0.15) is 0 Å². The number of hydrogen-bond donors (Lipinski definition) is 4. The predicted molar refractivity (Wildman–Crippen MR) is 80.2 cm³/mol. The third-order valence-electron chi connectivity index (χ3n) is 2.69. The molecule has 0 saturated heterocycles. The predicted octanol–water partition coefficient (Wildman–Crippen LogP) is 1.51. The minimum Gasteiger partial charge on any atom is -0.399 e. The van der Waals surface area contributed by atoms with Crippen LogP contribution >= 0.6 is 0 Å². The van der Waals surface area contributed by atoms with Gasteiger partial charge >= 0.3 is 0 Å². The minimum absolute atomic E-state index is 0.00388. The molecule has 22 heavy (non-hydrogen) atoms. The van der Waals surface area contributed by atoms with Crippen LogP contribution in [0.25, 0.3) is 0 Å². The van der Waals surface area contributed by atoms with Gasteiger partial charge in [-0.25, -0.2) is 0 Å². The van der Waals surface area contributed by atoms with Crippen LogP contribution < -0.4 is 11.1 Å². The highest BCUT2D eigenvalue weighted by Gasteiger charge is 2.17. The maximum Gasteiger partial charge on any atom is 0.296 e. The fourth-order valence-corrected chi connectivity index (χ4v) is 2.95. The summed E-state index contributed by atoms with van der Waals surface area (Å²) in [5.41, 5.74) is 5.82. The Morgan fingerprint density at radius 2 is 1.59 bits per heavy atom. The molecule has 10 heteroatoms. The molecule has 2 aromatic carbocycles. The zero-order valence-corrected chi connectivity index (χ0v) is 12.6. The summed E-state index contributed by atoms with van der Waals surface area (Å²) in [5, 5.41) is 2.65. The summed E-state index contributed by atoms with van der Waals surface area (Å²) in [6.45, 7) is 0. The standard InChI is InChI=1S/C12H12N2O6S2/c13-8-4-5-11(12(6-8)22(18,19)20)14-9-2-1-3-10(7-9)21(15,16)17/h1-7,14H,13H2,(H,15,16,17)(H,18,19,20). The molecule has 8 nitrogen and oxygen atoms in total. The van der Waals surface area contributed by atoms with E-state index < -0.39 is 25.1 Å². The van der Waals surface area contributed by atoms with E-state index in [9.17, 15) is 21.4 Å². The lowest BCUT2D eigenvalue weighted by atomic mass is 10.2. The van der Waals surface area contributed by atoms with Crippen molar-refractivity contribution >= 4 is 37.3 Å². The largest absolute Gasteiger partial charge is 0.399 e. The topological polar surface area (TPSA) is 147 Å². The van der Waals surface area contributed by atoms with Gasteiger partial charge in [-0.3, -0.25) is 9.11 Å². The maximum atomic E-state index is 11.3. The van der Waals surface area contributed by atoms with Crippen molar-refractivity contribution in [2.24, 2.45) is 0 Å². The molecule has 5 N–H and O–H groups in total. The summed E-state index contributed by atoms with van der Waals surface area (Å²) in [7, 11) is -8.92. The van der Waals surface area contributed by atoms with Crippen LogP contribution in [0.3, 0.4) is 0 Å². The first-order valence-electron chi connectivity index (χ1n) is 5.79. The zero-order valence-electron chi connectivity index (χ0n) is 11.0. The lowest BCUT2D eigenvalue weighted by Crippen LogP contribution is -2.05. The second kappa shape index (κ2) is 5.57. The first-order chi connectivity index (χ1) is 10.1. The SMILES string of the molecule is Nc1ccc(Nc2cccc(S(=O)(=O)O)c2)c(S(=O)(=O)O)c1. The van der Waals surface area contributed by atoms with E-state index >= 15 is 0 Å². The van der Waals surface area contributed by atoms with E-state index in [4.69, 9.17) is 10.3 Å². The molecule has 0 radical (unpaired) electrons. The minimum atomic E-state index is -4.52. The summed E-state index contributed by atoms with van der Waals surface area (Å²) in [6.07, 6.45) is 0. The number of benzene rings is 2. The Labute approximate surface area is 127 Å². The zero-order chi connectivity index (χ0) is 16.5. The third-order valence-corrected chi connectivity index (χ3v) is 4.44. The molecular weight excluding hydrogens is 332 g/mol. The normalized spacial score (nSPS) is 12.1. The Morgan fingerprint density at radius 3 is 2.18 bits per heavy atom. The molecular formula is C12H12N2O6S2. The van der Waals surface area contributed by atoms with Gasteiger partial charge in [0.1, 0.15) is 4.90 Å². The van der Waals surface area contributed by atoms with Crippen molar-refractivity contribution in [3.05, 3.63) is 42.5 Å². The molecule has 0 aliphatic carbocycles. The Kier molecular flexibility index (Phi) is 4.11. The monoisotopic (exact) mass is 344 g/mol. The average Bonchev–Trinajstić information content (AvgIpc) is 2.39. The Bertz CT molecular complexity index is 922. The summed E-state index contributed by atoms with van der Waals surface area (Å²) >= 11 is 0. The Morgan fingerprint density at radius 1 is 0.909 bits per heavy atom. The van der Waals surface area contributed by atoms with Gasteiger partial charge in [0.05, 0.1) is 10.6 Å². The number of rotatable bonds is 4. The number of nitrogen functional groups attached to an aromatic ring is 1. The molecule has 0 fully saturated rings. The molecule has 2 aromatic rings. The maximum absolute atomic E-state index is 11.3. The van der Waals surface area contributed by atoms with E-state index in [1.54, 1.807) is 0 Å². The molecule has 0 heterocycles. The van der Waals surface area contributed by atoms with Crippen LogP contribution in [0.2, 0.25) is 0 Å². The highest BCUT2D eigenvalue weighted by molar-refractivity contribution is 7.86. The van der Waals surface area contributed by atoms with Gasteiger partial charge in [0, 0.05) is 11.4 Å². The average molecular weight is 344 g/mol. The van der Waals surface area contributed by atoms with Gasteiger partial charge in [-0.05, 0) is 36.4 Å². The van der Waals surface area contributed by atoms with E-state index in [2.05, 4.69) is 5.32 Å². The van der Waals surface area contributed by atoms with E-state index in [1.165, 1.54) is 30.3 Å². The summed E-state index contributed by atoms with van der Waals surface area (Å²) in [4.78, 5) is -0.814. The Balaban J connectivity index is 2.49. The van der Waals surface area contributed by atoms with Gasteiger partial charge in [-0.15, -0.1) is 0 Å². The number of hydrogen-bond acceptors (Lipinski definition) is 6. The van der Waals surface area contributed by atoms with Crippen molar-refractivity contribution in [3.63, 3.8) is 0 Å². The lowest BCUT2D eigenvalue weighted by molar-refractivity contribution is 0.481. The van der Waals surface area contributed by atoms with Crippen molar-refractivity contribution < 1.29 is 25.9 Å². The van der Waals surface area contributed by atoms with Crippen LogP contribution in [-0.4, -0.2) is 25.9 Å². The van der Waals surface area contributed by atoms with Crippen LogP contribution in [0.15, 0.2) is 52.3 Å². The van der Waals surface area contributed by atoms with E-state index in [-0.39, 0.29) is 22.0 Å². The lowest BCUT2D eigenvalue weighted by Gasteiger charge is -2.11. The second-order valence-electron chi connectivity index (χ2n) is 4.36. The number of anilines is 3. The van der Waals surface area contributed by atoms with Crippen molar-refractivity contribution in [2.45, 2.75) is 9.79 Å². The van der Waals surface area contributed by atoms with Crippen molar-refractivity contribution in [1.82, 2.24) is 0 Å². The summed E-state index contributed by atoms with van der Waals surface area (Å²) in [6, 6.07) is 8.88. The van der Waals surface area contributed by atoms with Crippen molar-refractivity contribution in [2.75, 3.05) is 11.1 Å². The fraction of sp³-hybridized carbons (Fsp3) is 0. The van der Waals surface area contributed by atoms with Gasteiger partial charge in [-0.2, -0.15) is 16.8 Å².